The summed E-state index contributed by atoms with van der Waals surface area (Å²) < 4.78 is 16.2. The number of thiophene rings is 1. The molecule has 176 valence electrons. The van der Waals surface area contributed by atoms with Crippen molar-refractivity contribution in [1.82, 2.24) is 0 Å². The molecule has 8 nitrogen and oxygen atoms in total. The predicted octanol–water partition coefficient (Wildman–Crippen LogP) is 4.64. The molecule has 1 unspecified atom stereocenters. The van der Waals surface area contributed by atoms with E-state index in [2.05, 4.69) is 10.6 Å². The lowest BCUT2D eigenvalue weighted by molar-refractivity contribution is -0.128. The van der Waals surface area contributed by atoms with Gasteiger partial charge in [0, 0.05) is 10.9 Å². The quantitative estimate of drug-likeness (QED) is 0.478. The number of methoxy groups -OCH3 is 1. The van der Waals surface area contributed by atoms with Crippen molar-refractivity contribution in [3.05, 3.63) is 59.0 Å². The maximum atomic E-state index is 12.8. The van der Waals surface area contributed by atoms with Crippen molar-refractivity contribution >= 4 is 39.8 Å². The number of hydrogen-bond acceptors (Lipinski definition) is 7. The molecule has 2 aromatic carbocycles. The lowest BCUT2D eigenvalue weighted by atomic mass is 10.0. The van der Waals surface area contributed by atoms with Crippen LogP contribution in [0.5, 0.6) is 11.5 Å². The van der Waals surface area contributed by atoms with Crippen LogP contribution in [-0.4, -0.2) is 37.6 Å². The first-order valence-electron chi connectivity index (χ1n) is 10.7. The summed E-state index contributed by atoms with van der Waals surface area (Å²) in [6.45, 7) is 3.82. The molecule has 1 atom stereocenters. The first-order chi connectivity index (χ1) is 16.4. The number of aryl methyl sites for hydroxylation is 1. The number of rotatable bonds is 7. The Balaban J connectivity index is 1.54. The maximum Gasteiger partial charge on any atom is 0.341 e. The highest BCUT2D eigenvalue weighted by molar-refractivity contribution is 7.15. The van der Waals surface area contributed by atoms with Gasteiger partial charge in [0.05, 0.1) is 25.8 Å². The van der Waals surface area contributed by atoms with Crippen molar-refractivity contribution in [3.63, 3.8) is 0 Å². The Hall–Kier alpha value is -3.85. The van der Waals surface area contributed by atoms with Gasteiger partial charge in [-0.25, -0.2) is 4.79 Å². The van der Waals surface area contributed by atoms with E-state index >= 15 is 0 Å². The van der Waals surface area contributed by atoms with Crippen LogP contribution in [0.3, 0.4) is 0 Å². The van der Waals surface area contributed by atoms with Gasteiger partial charge in [0.25, 0.3) is 5.91 Å². The van der Waals surface area contributed by atoms with E-state index in [-0.39, 0.29) is 18.6 Å². The number of benzene rings is 2. The van der Waals surface area contributed by atoms with Crippen LogP contribution in [0.1, 0.15) is 29.3 Å². The Labute approximate surface area is 200 Å². The van der Waals surface area contributed by atoms with Gasteiger partial charge in [-0.15, -0.1) is 11.3 Å². The number of hydrogen-bond donors (Lipinski definition) is 2. The molecule has 0 bridgehead atoms. The minimum Gasteiger partial charge on any atom is -0.497 e. The van der Waals surface area contributed by atoms with Crippen LogP contribution in [0.25, 0.3) is 11.1 Å². The smallest absolute Gasteiger partial charge is 0.341 e. The highest BCUT2D eigenvalue weighted by Crippen LogP contribution is 2.37. The molecule has 0 fully saturated rings. The van der Waals surface area contributed by atoms with Crippen LogP contribution in [0, 0.1) is 6.92 Å². The molecule has 1 aliphatic rings. The van der Waals surface area contributed by atoms with Crippen molar-refractivity contribution in [2.24, 2.45) is 0 Å². The predicted molar refractivity (Wildman–Crippen MR) is 130 cm³/mol. The van der Waals surface area contributed by atoms with Gasteiger partial charge in [-0.3, -0.25) is 9.59 Å². The highest BCUT2D eigenvalue weighted by Gasteiger charge is 2.31. The number of carbonyl (C=O) groups is 3. The van der Waals surface area contributed by atoms with Gasteiger partial charge < -0.3 is 24.8 Å². The minimum absolute atomic E-state index is 0.194. The van der Waals surface area contributed by atoms with Gasteiger partial charge in [0.1, 0.15) is 22.1 Å². The van der Waals surface area contributed by atoms with E-state index in [0.717, 1.165) is 11.1 Å². The molecule has 4 rings (SSSR count). The summed E-state index contributed by atoms with van der Waals surface area (Å²) in [7, 11) is 1.58. The summed E-state index contributed by atoms with van der Waals surface area (Å²) in [6.07, 6.45) is -1.20. The largest absolute Gasteiger partial charge is 0.497 e. The van der Waals surface area contributed by atoms with Gasteiger partial charge in [0.2, 0.25) is 5.91 Å². The number of anilines is 2. The van der Waals surface area contributed by atoms with Crippen molar-refractivity contribution in [2.45, 2.75) is 26.4 Å². The van der Waals surface area contributed by atoms with Crippen molar-refractivity contribution in [3.8, 4) is 22.6 Å². The fraction of sp³-hybridized carbons (Fsp3) is 0.240. The zero-order valence-corrected chi connectivity index (χ0v) is 19.8. The number of ether oxygens (including phenoxy) is 3. The second-order valence-corrected chi connectivity index (χ2v) is 8.53. The van der Waals surface area contributed by atoms with E-state index < -0.39 is 23.9 Å². The van der Waals surface area contributed by atoms with Crippen LogP contribution in [0.2, 0.25) is 0 Å². The average Bonchev–Trinajstić information content (AvgIpc) is 3.23. The first-order valence-corrected chi connectivity index (χ1v) is 11.6. The Morgan fingerprint density at radius 2 is 1.94 bits per heavy atom. The molecule has 9 heteroatoms. The van der Waals surface area contributed by atoms with E-state index in [1.54, 1.807) is 37.6 Å². The van der Waals surface area contributed by atoms with Crippen molar-refractivity contribution < 1.29 is 28.6 Å². The van der Waals surface area contributed by atoms with Gasteiger partial charge >= 0.3 is 5.97 Å². The summed E-state index contributed by atoms with van der Waals surface area (Å²) in [6, 6.07) is 12.7. The molecule has 34 heavy (non-hydrogen) atoms. The van der Waals surface area contributed by atoms with Gasteiger partial charge in [0.15, 0.2) is 6.10 Å². The normalized spacial score (nSPS) is 14.4. The zero-order valence-electron chi connectivity index (χ0n) is 19.0. The lowest BCUT2D eigenvalue weighted by Crippen LogP contribution is -2.39. The molecule has 0 saturated carbocycles. The Morgan fingerprint density at radius 3 is 2.65 bits per heavy atom. The molecule has 2 amide bonds. The van der Waals surface area contributed by atoms with E-state index in [4.69, 9.17) is 14.2 Å². The minimum atomic E-state index is -0.984. The van der Waals surface area contributed by atoms with Crippen LogP contribution in [0.4, 0.5) is 10.7 Å². The molecule has 0 radical (unpaired) electrons. The second-order valence-electron chi connectivity index (χ2n) is 7.65. The lowest BCUT2D eigenvalue weighted by Gasteiger charge is -2.25. The monoisotopic (exact) mass is 480 g/mol. The topological polar surface area (TPSA) is 103 Å². The summed E-state index contributed by atoms with van der Waals surface area (Å²) in [5.41, 5.74) is 3.24. The van der Waals surface area contributed by atoms with Gasteiger partial charge in [-0.1, -0.05) is 18.2 Å². The van der Waals surface area contributed by atoms with Gasteiger partial charge in [-0.2, -0.15) is 0 Å². The molecule has 0 saturated heterocycles. The van der Waals surface area contributed by atoms with Crippen molar-refractivity contribution in [1.29, 1.82) is 0 Å². The Bertz CT molecular complexity index is 1230. The van der Waals surface area contributed by atoms with E-state index in [1.165, 1.54) is 11.3 Å². The molecule has 0 aliphatic carbocycles. The number of carbonyl (C=O) groups excluding carboxylic acids is 3. The number of fused-ring (bicyclic) bond motifs is 1. The summed E-state index contributed by atoms with van der Waals surface area (Å²) in [5, 5.41) is 7.67. The van der Waals surface area contributed by atoms with Gasteiger partial charge in [-0.05, 0) is 49.2 Å². The second kappa shape index (κ2) is 9.96. The third-order valence-electron chi connectivity index (χ3n) is 5.25. The van der Waals surface area contributed by atoms with Crippen LogP contribution >= 0.6 is 11.3 Å². The molecule has 1 aliphatic heterocycles. The standard InChI is InChI=1S/C25H24N2O6S/c1-4-32-25(30)22-17(15-6-8-16(31-3)9-7-15)13-34-24(22)27-21(28)12-20-23(29)26-18-11-14(2)5-10-19(18)33-20/h5-11,13,20H,4,12H2,1-3H3,(H,26,29)(H,27,28). The van der Waals surface area contributed by atoms with E-state index in [1.807, 2.05) is 31.2 Å². The fourth-order valence-corrected chi connectivity index (χ4v) is 4.56. The summed E-state index contributed by atoms with van der Waals surface area (Å²) in [5.74, 6) is -0.199. The van der Waals surface area contributed by atoms with Crippen molar-refractivity contribution in [2.75, 3.05) is 24.4 Å². The molecular formula is C25H24N2O6S. The summed E-state index contributed by atoms with van der Waals surface area (Å²) >= 11 is 1.21. The fourth-order valence-electron chi connectivity index (χ4n) is 3.58. The van der Waals surface area contributed by atoms with Crippen LogP contribution in [-0.2, 0) is 14.3 Å². The summed E-state index contributed by atoms with van der Waals surface area (Å²) in [4.78, 5) is 38.0. The van der Waals surface area contributed by atoms with E-state index in [0.29, 0.717) is 27.8 Å². The third kappa shape index (κ3) is 4.89. The highest BCUT2D eigenvalue weighted by atomic mass is 32.1. The number of esters is 1. The van der Waals surface area contributed by atoms with Crippen LogP contribution in [0.15, 0.2) is 47.8 Å². The molecular weight excluding hydrogens is 456 g/mol. The number of amides is 2. The third-order valence-corrected chi connectivity index (χ3v) is 6.15. The zero-order chi connectivity index (χ0) is 24.2. The maximum absolute atomic E-state index is 12.8. The van der Waals surface area contributed by atoms with Crippen LogP contribution < -0.4 is 20.1 Å². The molecule has 2 N–H and O–H groups in total. The SMILES string of the molecule is CCOC(=O)c1c(-c2ccc(OC)cc2)csc1NC(=O)CC1Oc2ccc(C)cc2NC1=O. The van der Waals surface area contributed by atoms with E-state index in [9.17, 15) is 14.4 Å². The average molecular weight is 481 g/mol. The molecule has 2 heterocycles. The Kier molecular flexibility index (Phi) is 6.83. The molecule has 1 aromatic heterocycles. The first kappa shape index (κ1) is 23.3. The number of nitrogens with one attached hydrogen (secondary N) is 2. The molecule has 3 aromatic rings. The Morgan fingerprint density at radius 1 is 1.18 bits per heavy atom. The molecule has 0 spiro atoms.